The molecule has 4 heterocycles. The van der Waals surface area contributed by atoms with Crippen LogP contribution in [0.15, 0.2) is 84.6 Å². The number of imidazole rings is 1. The highest BCUT2D eigenvalue weighted by atomic mass is 16.1. The van der Waals surface area contributed by atoms with Gasteiger partial charge in [-0.15, -0.1) is 0 Å². The molecule has 0 aliphatic heterocycles. The summed E-state index contributed by atoms with van der Waals surface area (Å²) in [6, 6.07) is 13.9. The zero-order valence-corrected chi connectivity index (χ0v) is 14.4. The van der Waals surface area contributed by atoms with Crippen LogP contribution in [0, 0.1) is 0 Å². The molecule has 0 N–H and O–H groups in total. The molecule has 1 aromatic carbocycles. The predicted molar refractivity (Wildman–Crippen MR) is 104 cm³/mol. The molecule has 0 aliphatic rings. The lowest BCUT2D eigenvalue weighted by atomic mass is 10.0. The van der Waals surface area contributed by atoms with Crippen molar-refractivity contribution in [3.8, 4) is 11.1 Å². The minimum Gasteiger partial charge on any atom is -0.306 e. The second-order valence-electron chi connectivity index (χ2n) is 6.38. The number of nitrogens with zero attached hydrogens (tertiary/aromatic N) is 5. The van der Waals surface area contributed by atoms with Gasteiger partial charge in [0.1, 0.15) is 5.65 Å². The van der Waals surface area contributed by atoms with Gasteiger partial charge in [0.25, 0.3) is 5.56 Å². The standard InChI is InChI=1S/C21H15N5O/c27-21-18-6-7-22-11-19(18)24-14-26(21)12-15-2-1-3-16(10-15)17-4-5-20-23-8-9-25(20)13-17/h1-11,13-14H,12H2. The van der Waals surface area contributed by atoms with E-state index in [9.17, 15) is 4.79 Å². The first-order valence-corrected chi connectivity index (χ1v) is 8.59. The first-order chi connectivity index (χ1) is 13.3. The van der Waals surface area contributed by atoms with Crippen LogP contribution in [0.5, 0.6) is 0 Å². The topological polar surface area (TPSA) is 65.1 Å². The molecule has 4 aromatic heterocycles. The number of benzene rings is 1. The lowest BCUT2D eigenvalue weighted by Gasteiger charge is -2.09. The van der Waals surface area contributed by atoms with Gasteiger partial charge in [0, 0.05) is 24.8 Å². The Bertz CT molecular complexity index is 1340. The molecule has 0 fully saturated rings. The summed E-state index contributed by atoms with van der Waals surface area (Å²) in [4.78, 5) is 25.3. The van der Waals surface area contributed by atoms with Crippen LogP contribution in [0.4, 0.5) is 0 Å². The van der Waals surface area contributed by atoms with E-state index in [0.717, 1.165) is 22.3 Å². The summed E-state index contributed by atoms with van der Waals surface area (Å²) < 4.78 is 3.62. The molecule has 0 saturated carbocycles. The Morgan fingerprint density at radius 2 is 1.93 bits per heavy atom. The fraction of sp³-hybridized carbons (Fsp3) is 0.0476. The van der Waals surface area contributed by atoms with Gasteiger partial charge >= 0.3 is 0 Å². The molecule has 5 aromatic rings. The molecule has 0 aliphatic carbocycles. The second kappa shape index (κ2) is 6.17. The number of fused-ring (bicyclic) bond motifs is 2. The van der Waals surface area contributed by atoms with Crippen LogP contribution in [-0.4, -0.2) is 23.9 Å². The maximum atomic E-state index is 12.7. The fourth-order valence-electron chi connectivity index (χ4n) is 3.26. The largest absolute Gasteiger partial charge is 0.306 e. The Labute approximate surface area is 154 Å². The van der Waals surface area contributed by atoms with E-state index in [1.807, 2.05) is 28.8 Å². The van der Waals surface area contributed by atoms with E-state index in [0.29, 0.717) is 17.4 Å². The Balaban J connectivity index is 1.52. The number of aromatic nitrogens is 5. The quantitative estimate of drug-likeness (QED) is 0.500. The van der Waals surface area contributed by atoms with Crippen LogP contribution >= 0.6 is 0 Å². The molecule has 0 bridgehead atoms. The zero-order valence-electron chi connectivity index (χ0n) is 14.4. The zero-order chi connectivity index (χ0) is 18.2. The van der Waals surface area contributed by atoms with E-state index in [2.05, 4.69) is 39.3 Å². The summed E-state index contributed by atoms with van der Waals surface area (Å²) in [5.41, 5.74) is 4.69. The first kappa shape index (κ1) is 15.5. The lowest BCUT2D eigenvalue weighted by Crippen LogP contribution is -2.21. The number of hydrogen-bond acceptors (Lipinski definition) is 4. The van der Waals surface area contributed by atoms with E-state index < -0.39 is 0 Å². The number of rotatable bonds is 3. The third-order valence-corrected chi connectivity index (χ3v) is 4.63. The normalized spacial score (nSPS) is 11.3. The smallest absolute Gasteiger partial charge is 0.261 e. The van der Waals surface area contributed by atoms with Crippen LogP contribution in [0.3, 0.4) is 0 Å². The van der Waals surface area contributed by atoms with Gasteiger partial charge in [-0.05, 0) is 41.0 Å². The predicted octanol–water partition coefficient (Wildman–Crippen LogP) is 3.15. The maximum Gasteiger partial charge on any atom is 0.261 e. The van der Waals surface area contributed by atoms with Gasteiger partial charge in [-0.2, -0.15) is 0 Å². The number of pyridine rings is 2. The van der Waals surface area contributed by atoms with Gasteiger partial charge in [-0.25, -0.2) is 9.97 Å². The highest BCUT2D eigenvalue weighted by Crippen LogP contribution is 2.21. The summed E-state index contributed by atoms with van der Waals surface area (Å²) in [5, 5.41) is 0.578. The van der Waals surface area contributed by atoms with E-state index in [-0.39, 0.29) is 5.56 Å². The lowest BCUT2D eigenvalue weighted by molar-refractivity contribution is 0.748. The van der Waals surface area contributed by atoms with Gasteiger partial charge in [-0.3, -0.25) is 14.3 Å². The Kier molecular flexibility index (Phi) is 3.53. The summed E-state index contributed by atoms with van der Waals surface area (Å²) >= 11 is 0. The van der Waals surface area contributed by atoms with Gasteiger partial charge < -0.3 is 4.40 Å². The Morgan fingerprint density at radius 3 is 2.89 bits per heavy atom. The molecule has 0 spiro atoms. The number of hydrogen-bond donors (Lipinski definition) is 0. The highest BCUT2D eigenvalue weighted by molar-refractivity contribution is 5.75. The Hall–Kier alpha value is -3.80. The minimum atomic E-state index is -0.0624. The van der Waals surface area contributed by atoms with E-state index in [4.69, 9.17) is 0 Å². The van der Waals surface area contributed by atoms with Crippen molar-refractivity contribution in [2.24, 2.45) is 0 Å². The first-order valence-electron chi connectivity index (χ1n) is 8.59. The van der Waals surface area contributed by atoms with Crippen molar-refractivity contribution in [2.45, 2.75) is 6.54 Å². The second-order valence-corrected chi connectivity index (χ2v) is 6.38. The molecule has 0 saturated heterocycles. The summed E-state index contributed by atoms with van der Waals surface area (Å²) in [7, 11) is 0. The third kappa shape index (κ3) is 2.77. The average molecular weight is 353 g/mol. The molecule has 0 atom stereocenters. The van der Waals surface area contributed by atoms with Crippen LogP contribution in [0.1, 0.15) is 5.56 Å². The molecule has 0 amide bonds. The molecule has 6 heteroatoms. The van der Waals surface area contributed by atoms with Crippen molar-refractivity contribution >= 4 is 16.6 Å². The van der Waals surface area contributed by atoms with Crippen molar-refractivity contribution in [1.29, 1.82) is 0 Å². The van der Waals surface area contributed by atoms with Crippen molar-refractivity contribution in [1.82, 2.24) is 23.9 Å². The van der Waals surface area contributed by atoms with Crippen LogP contribution in [0.2, 0.25) is 0 Å². The van der Waals surface area contributed by atoms with Crippen LogP contribution < -0.4 is 5.56 Å². The van der Waals surface area contributed by atoms with Crippen molar-refractivity contribution < 1.29 is 0 Å². The van der Waals surface area contributed by atoms with Crippen LogP contribution in [0.25, 0.3) is 27.7 Å². The van der Waals surface area contributed by atoms with Crippen molar-refractivity contribution in [3.63, 3.8) is 0 Å². The third-order valence-electron chi connectivity index (χ3n) is 4.63. The Morgan fingerprint density at radius 1 is 0.963 bits per heavy atom. The molecule has 130 valence electrons. The fourth-order valence-corrected chi connectivity index (χ4v) is 3.26. The SMILES string of the molecule is O=c1c2ccncc2ncn1Cc1cccc(-c2ccc3nccn3c2)c1. The average Bonchev–Trinajstić information content (AvgIpc) is 3.18. The summed E-state index contributed by atoms with van der Waals surface area (Å²) in [6.45, 7) is 0.464. The van der Waals surface area contributed by atoms with Crippen LogP contribution in [-0.2, 0) is 6.54 Å². The van der Waals surface area contributed by atoms with E-state index in [1.54, 1.807) is 35.6 Å². The monoisotopic (exact) mass is 353 g/mol. The minimum absolute atomic E-state index is 0.0624. The molecular weight excluding hydrogens is 338 g/mol. The van der Waals surface area contributed by atoms with E-state index >= 15 is 0 Å². The maximum absolute atomic E-state index is 12.7. The van der Waals surface area contributed by atoms with Crippen molar-refractivity contribution in [2.75, 3.05) is 0 Å². The highest BCUT2D eigenvalue weighted by Gasteiger charge is 2.06. The summed E-state index contributed by atoms with van der Waals surface area (Å²) in [6.07, 6.45) is 10.6. The van der Waals surface area contributed by atoms with Gasteiger partial charge in [0.05, 0.1) is 30.0 Å². The van der Waals surface area contributed by atoms with E-state index in [1.165, 1.54) is 0 Å². The van der Waals surface area contributed by atoms with Gasteiger partial charge in [-0.1, -0.05) is 18.2 Å². The molecular formula is C21H15N5O. The van der Waals surface area contributed by atoms with Crippen molar-refractivity contribution in [3.05, 3.63) is 95.7 Å². The summed E-state index contributed by atoms with van der Waals surface area (Å²) in [5.74, 6) is 0. The molecule has 0 unspecified atom stereocenters. The van der Waals surface area contributed by atoms with Gasteiger partial charge in [0.2, 0.25) is 0 Å². The van der Waals surface area contributed by atoms with Gasteiger partial charge in [0.15, 0.2) is 0 Å². The molecule has 0 radical (unpaired) electrons. The molecule has 27 heavy (non-hydrogen) atoms. The molecule has 5 rings (SSSR count). The molecule has 6 nitrogen and oxygen atoms in total.